The number of carbonyl (C=O) groups is 1. The fourth-order valence-corrected chi connectivity index (χ4v) is 3.83. The summed E-state index contributed by atoms with van der Waals surface area (Å²) >= 11 is 0. The lowest BCUT2D eigenvalue weighted by atomic mass is 9.88. The normalized spacial score (nSPS) is 22.8. The van der Waals surface area contributed by atoms with Crippen LogP contribution in [0.1, 0.15) is 29.5 Å². The smallest absolute Gasteiger partial charge is 0.256 e. The maximum absolute atomic E-state index is 12.7. The van der Waals surface area contributed by atoms with Crippen molar-refractivity contribution in [2.75, 3.05) is 13.2 Å². The van der Waals surface area contributed by atoms with E-state index in [4.69, 9.17) is 4.74 Å². The van der Waals surface area contributed by atoms with Crippen LogP contribution in [0, 0.1) is 13.8 Å². The third kappa shape index (κ3) is 2.71. The first-order valence-corrected chi connectivity index (χ1v) is 9.02. The monoisotopic (exact) mass is 349 g/mol. The number of hydrogen-bond donors (Lipinski definition) is 2. The number of amides is 1. The van der Waals surface area contributed by atoms with Gasteiger partial charge in [0.15, 0.2) is 0 Å². The van der Waals surface area contributed by atoms with Crippen LogP contribution < -0.4 is 5.32 Å². The maximum atomic E-state index is 12.7. The Morgan fingerprint density at radius 2 is 1.81 bits per heavy atom. The van der Waals surface area contributed by atoms with E-state index in [-0.39, 0.29) is 11.7 Å². The Labute approximate surface area is 153 Å². The van der Waals surface area contributed by atoms with Gasteiger partial charge in [0.1, 0.15) is 11.3 Å². The summed E-state index contributed by atoms with van der Waals surface area (Å²) < 4.78 is 5.54. The topological polar surface area (TPSA) is 58.6 Å². The van der Waals surface area contributed by atoms with E-state index in [1.807, 2.05) is 25.1 Å². The number of benzene rings is 2. The van der Waals surface area contributed by atoms with Gasteiger partial charge in [-0.2, -0.15) is 0 Å². The van der Waals surface area contributed by atoms with Crippen LogP contribution in [0.4, 0.5) is 0 Å². The molecule has 0 radical (unpaired) electrons. The molecule has 2 heterocycles. The zero-order valence-corrected chi connectivity index (χ0v) is 15.1. The summed E-state index contributed by atoms with van der Waals surface area (Å²) in [7, 11) is 0. The molecule has 4 nitrogen and oxygen atoms in total. The molecule has 0 saturated carbocycles. The molecule has 0 aliphatic carbocycles. The molecule has 1 unspecified atom stereocenters. The molecule has 26 heavy (non-hydrogen) atoms. The van der Waals surface area contributed by atoms with Gasteiger partial charge in [0, 0.05) is 6.61 Å². The van der Waals surface area contributed by atoms with Crippen LogP contribution in [-0.4, -0.2) is 29.8 Å². The highest BCUT2D eigenvalue weighted by molar-refractivity contribution is 6.23. The molecule has 1 fully saturated rings. The first-order chi connectivity index (χ1) is 12.5. The highest BCUT2D eigenvalue weighted by Crippen LogP contribution is 2.38. The molecule has 2 aromatic carbocycles. The predicted octanol–water partition coefficient (Wildman–Crippen LogP) is 3.92. The van der Waals surface area contributed by atoms with Crippen LogP contribution >= 0.6 is 0 Å². The fourth-order valence-electron chi connectivity index (χ4n) is 3.83. The number of hydrogen-bond acceptors (Lipinski definition) is 3. The number of rotatable bonds is 2. The van der Waals surface area contributed by atoms with E-state index in [0.717, 1.165) is 28.7 Å². The zero-order chi connectivity index (χ0) is 18.3. The van der Waals surface area contributed by atoms with E-state index in [1.165, 1.54) is 5.56 Å². The quantitative estimate of drug-likeness (QED) is 0.864. The van der Waals surface area contributed by atoms with Gasteiger partial charge in [0.05, 0.1) is 12.2 Å². The Balaban J connectivity index is 1.80. The molecule has 0 bridgehead atoms. The van der Waals surface area contributed by atoms with Crippen LogP contribution in [0.2, 0.25) is 0 Å². The van der Waals surface area contributed by atoms with Crippen LogP contribution in [0.3, 0.4) is 0 Å². The second-order valence-corrected chi connectivity index (χ2v) is 7.31. The van der Waals surface area contributed by atoms with Crippen LogP contribution in [0.5, 0.6) is 0 Å². The van der Waals surface area contributed by atoms with Gasteiger partial charge >= 0.3 is 0 Å². The fraction of sp³-hybridized carbons (Fsp3) is 0.318. The Morgan fingerprint density at radius 3 is 2.50 bits per heavy atom. The summed E-state index contributed by atoms with van der Waals surface area (Å²) in [6.45, 7) is 5.01. The minimum absolute atomic E-state index is 0.117. The van der Waals surface area contributed by atoms with Crippen molar-refractivity contribution >= 4 is 11.5 Å². The third-order valence-electron chi connectivity index (χ3n) is 5.40. The molecule has 134 valence electrons. The van der Waals surface area contributed by atoms with Crippen molar-refractivity contribution in [3.63, 3.8) is 0 Å². The third-order valence-corrected chi connectivity index (χ3v) is 5.40. The summed E-state index contributed by atoms with van der Waals surface area (Å²) in [6, 6.07) is 14.3. The van der Waals surface area contributed by atoms with E-state index < -0.39 is 5.54 Å². The van der Waals surface area contributed by atoms with Gasteiger partial charge in [-0.1, -0.05) is 42.0 Å². The van der Waals surface area contributed by atoms with Gasteiger partial charge < -0.3 is 15.2 Å². The van der Waals surface area contributed by atoms with Gasteiger partial charge in [-0.15, -0.1) is 0 Å². The van der Waals surface area contributed by atoms with Gasteiger partial charge in [-0.05, 0) is 55.0 Å². The lowest BCUT2D eigenvalue weighted by Crippen LogP contribution is -2.50. The van der Waals surface area contributed by atoms with Crippen molar-refractivity contribution in [2.45, 2.75) is 32.2 Å². The highest BCUT2D eigenvalue weighted by Gasteiger charge is 2.47. The zero-order valence-electron chi connectivity index (χ0n) is 15.1. The Morgan fingerprint density at radius 1 is 1.08 bits per heavy atom. The van der Waals surface area contributed by atoms with Crippen LogP contribution in [0.25, 0.3) is 16.7 Å². The molecular formula is C22H23NO3. The summed E-state index contributed by atoms with van der Waals surface area (Å²) in [5.74, 6) is -0.108. The molecule has 1 spiro atoms. The molecule has 1 amide bonds. The van der Waals surface area contributed by atoms with Crippen molar-refractivity contribution in [3.05, 3.63) is 64.9 Å². The minimum atomic E-state index is -0.767. The first kappa shape index (κ1) is 16.9. The largest absolute Gasteiger partial charge is 0.509 e. The Hall–Kier alpha value is -2.59. The van der Waals surface area contributed by atoms with E-state index in [1.54, 1.807) is 0 Å². The predicted molar refractivity (Wildman–Crippen MR) is 102 cm³/mol. The second-order valence-electron chi connectivity index (χ2n) is 7.31. The van der Waals surface area contributed by atoms with Gasteiger partial charge in [-0.3, -0.25) is 4.79 Å². The second kappa shape index (κ2) is 6.29. The summed E-state index contributed by atoms with van der Waals surface area (Å²) in [5.41, 5.74) is 4.67. The van der Waals surface area contributed by atoms with Gasteiger partial charge in [-0.25, -0.2) is 0 Å². The summed E-state index contributed by atoms with van der Waals surface area (Å²) in [5, 5.41) is 13.9. The van der Waals surface area contributed by atoms with Crippen molar-refractivity contribution in [3.8, 4) is 11.1 Å². The standard InChI is InChI=1S/C22H23NO3/c1-14-4-7-16(8-5-14)17-9-6-15(2)18(12-17)19-20(24)22(23-21(19)25)10-3-11-26-13-22/h4-9,12,24H,3,10-11,13H2,1-2H3,(H,23,25). The molecule has 2 aromatic rings. The maximum Gasteiger partial charge on any atom is 0.256 e. The van der Waals surface area contributed by atoms with Crippen molar-refractivity contribution < 1.29 is 14.6 Å². The van der Waals surface area contributed by atoms with E-state index in [0.29, 0.717) is 25.2 Å². The van der Waals surface area contributed by atoms with E-state index >= 15 is 0 Å². The van der Waals surface area contributed by atoms with Crippen molar-refractivity contribution in [1.82, 2.24) is 5.32 Å². The summed E-state index contributed by atoms with van der Waals surface area (Å²) in [4.78, 5) is 12.7. The number of nitrogens with one attached hydrogen (secondary N) is 1. The highest BCUT2D eigenvalue weighted by atomic mass is 16.5. The molecule has 1 atom stereocenters. The van der Waals surface area contributed by atoms with Crippen LogP contribution in [-0.2, 0) is 9.53 Å². The lowest BCUT2D eigenvalue weighted by molar-refractivity contribution is -0.117. The number of aliphatic hydroxyl groups is 1. The SMILES string of the molecule is Cc1ccc(-c2ccc(C)c(C3=C(O)C4(CCCOC4)NC3=O)c2)cc1. The molecule has 4 heteroatoms. The number of aliphatic hydroxyl groups excluding tert-OH is 1. The average molecular weight is 349 g/mol. The molecule has 2 N–H and O–H groups in total. The first-order valence-electron chi connectivity index (χ1n) is 9.02. The molecule has 4 rings (SSSR count). The molecule has 2 aliphatic rings. The number of carbonyl (C=O) groups excluding carboxylic acids is 1. The van der Waals surface area contributed by atoms with Crippen LogP contribution in [0.15, 0.2) is 48.2 Å². The van der Waals surface area contributed by atoms with E-state index in [9.17, 15) is 9.90 Å². The Bertz CT molecular complexity index is 890. The summed E-state index contributed by atoms with van der Waals surface area (Å²) in [6.07, 6.45) is 1.52. The molecule has 1 saturated heterocycles. The van der Waals surface area contributed by atoms with Crippen molar-refractivity contribution in [2.24, 2.45) is 0 Å². The number of aryl methyl sites for hydroxylation is 2. The minimum Gasteiger partial charge on any atom is -0.509 e. The Kier molecular flexibility index (Phi) is 4.08. The van der Waals surface area contributed by atoms with E-state index in [2.05, 4.69) is 36.5 Å². The van der Waals surface area contributed by atoms with Crippen molar-refractivity contribution in [1.29, 1.82) is 0 Å². The molecule has 2 aliphatic heterocycles. The molecule has 0 aromatic heterocycles. The van der Waals surface area contributed by atoms with Gasteiger partial charge in [0.2, 0.25) is 0 Å². The molecular weight excluding hydrogens is 326 g/mol. The van der Waals surface area contributed by atoms with Gasteiger partial charge in [0.25, 0.3) is 5.91 Å². The lowest BCUT2D eigenvalue weighted by Gasteiger charge is -2.33. The number of ether oxygens (including phenoxy) is 1. The average Bonchev–Trinajstić information content (AvgIpc) is 2.87.